The van der Waals surface area contributed by atoms with Crippen LogP contribution in [0.2, 0.25) is 0 Å². The van der Waals surface area contributed by atoms with Crippen LogP contribution in [0.1, 0.15) is 61.7 Å². The average molecular weight is 443 g/mol. The summed E-state index contributed by atoms with van der Waals surface area (Å²) in [6.07, 6.45) is 8.76. The minimum Gasteiger partial charge on any atom is -0.490 e. The zero-order valence-electron chi connectivity index (χ0n) is 17.8. The zero-order valence-corrected chi connectivity index (χ0v) is 18.6. The molecule has 1 amide bonds. The van der Waals surface area contributed by atoms with E-state index >= 15 is 0 Å². The maximum atomic E-state index is 13.0. The Balaban J connectivity index is 1.43. The van der Waals surface area contributed by atoms with Crippen molar-refractivity contribution in [3.05, 3.63) is 54.1 Å². The van der Waals surface area contributed by atoms with Crippen molar-refractivity contribution in [2.24, 2.45) is 0 Å². The van der Waals surface area contributed by atoms with Crippen LogP contribution in [0.4, 0.5) is 5.69 Å². The zero-order chi connectivity index (χ0) is 21.7. The Hall–Kier alpha value is -2.38. The quantitative estimate of drug-likeness (QED) is 0.696. The van der Waals surface area contributed by atoms with Crippen LogP contribution >= 0.6 is 0 Å². The summed E-state index contributed by atoms with van der Waals surface area (Å²) >= 11 is 0. The highest BCUT2D eigenvalue weighted by Crippen LogP contribution is 2.25. The number of carbonyl (C=O) groups is 1. The lowest BCUT2D eigenvalue weighted by atomic mass is 10.2. The maximum Gasteiger partial charge on any atom is 0.255 e. The van der Waals surface area contributed by atoms with E-state index in [4.69, 9.17) is 4.74 Å². The van der Waals surface area contributed by atoms with Crippen LogP contribution in [0.15, 0.2) is 53.4 Å². The monoisotopic (exact) mass is 442 g/mol. The highest BCUT2D eigenvalue weighted by molar-refractivity contribution is 7.89. The Kier molecular flexibility index (Phi) is 6.92. The third kappa shape index (κ3) is 5.46. The molecule has 0 bridgehead atoms. The Labute approximate surface area is 184 Å². The summed E-state index contributed by atoms with van der Waals surface area (Å²) in [7, 11) is -3.59. The molecule has 0 aromatic heterocycles. The third-order valence-electron chi connectivity index (χ3n) is 6.02. The Bertz CT molecular complexity index is 990. The Morgan fingerprint density at radius 2 is 1.58 bits per heavy atom. The van der Waals surface area contributed by atoms with Crippen LogP contribution in [0, 0.1) is 0 Å². The van der Waals surface area contributed by atoms with Crippen molar-refractivity contribution >= 4 is 21.6 Å². The van der Waals surface area contributed by atoms with E-state index in [1.54, 1.807) is 34.6 Å². The number of anilines is 1. The van der Waals surface area contributed by atoms with Crippen molar-refractivity contribution in [1.82, 2.24) is 4.31 Å². The molecule has 7 heteroatoms. The standard InChI is InChI=1S/C24H30N2O4S/c27-24(25-20-12-14-22(15-13-20)30-21-9-3-4-10-21)19-8-7-11-23(18-19)31(28,29)26-16-5-1-2-6-17-26/h7-8,11-15,18,21H,1-6,9-10,16-17H2,(H,25,27). The van der Waals surface area contributed by atoms with Gasteiger partial charge in [-0.05, 0) is 81.0 Å². The lowest BCUT2D eigenvalue weighted by Crippen LogP contribution is -2.32. The lowest BCUT2D eigenvalue weighted by molar-refractivity contribution is 0.102. The number of rotatable bonds is 6. The topological polar surface area (TPSA) is 75.7 Å². The molecule has 1 aliphatic heterocycles. The molecule has 31 heavy (non-hydrogen) atoms. The van der Waals surface area contributed by atoms with E-state index < -0.39 is 10.0 Å². The van der Waals surface area contributed by atoms with E-state index in [1.807, 2.05) is 12.1 Å². The molecule has 1 aliphatic carbocycles. The molecule has 0 unspecified atom stereocenters. The molecule has 1 heterocycles. The Morgan fingerprint density at radius 1 is 0.903 bits per heavy atom. The van der Waals surface area contributed by atoms with E-state index in [9.17, 15) is 13.2 Å². The normalized spacial score (nSPS) is 18.5. The van der Waals surface area contributed by atoms with E-state index in [1.165, 1.54) is 18.9 Å². The number of benzene rings is 2. The van der Waals surface area contributed by atoms with Crippen LogP contribution in [-0.4, -0.2) is 37.8 Å². The molecule has 0 atom stereocenters. The van der Waals surface area contributed by atoms with E-state index in [0.29, 0.717) is 24.3 Å². The van der Waals surface area contributed by atoms with Crippen LogP contribution in [0.5, 0.6) is 5.75 Å². The highest BCUT2D eigenvalue weighted by atomic mass is 32.2. The molecule has 0 radical (unpaired) electrons. The van der Waals surface area contributed by atoms with E-state index in [2.05, 4.69) is 5.32 Å². The van der Waals surface area contributed by atoms with Gasteiger partial charge in [0.1, 0.15) is 5.75 Å². The summed E-state index contributed by atoms with van der Waals surface area (Å²) in [6.45, 7) is 1.07. The largest absolute Gasteiger partial charge is 0.490 e. The van der Waals surface area contributed by atoms with Gasteiger partial charge in [-0.15, -0.1) is 0 Å². The second kappa shape index (κ2) is 9.83. The van der Waals surface area contributed by atoms with Gasteiger partial charge in [0.2, 0.25) is 10.0 Å². The van der Waals surface area contributed by atoms with Gasteiger partial charge in [-0.25, -0.2) is 8.42 Å². The highest BCUT2D eigenvalue weighted by Gasteiger charge is 2.26. The molecule has 2 aliphatic rings. The van der Waals surface area contributed by atoms with E-state index in [-0.39, 0.29) is 16.9 Å². The van der Waals surface area contributed by atoms with Crippen molar-refractivity contribution in [3.63, 3.8) is 0 Å². The van der Waals surface area contributed by atoms with Crippen molar-refractivity contribution < 1.29 is 17.9 Å². The first-order valence-electron chi connectivity index (χ1n) is 11.2. The molecule has 1 saturated heterocycles. The number of amides is 1. The van der Waals surface area contributed by atoms with Gasteiger partial charge in [-0.2, -0.15) is 4.31 Å². The van der Waals surface area contributed by atoms with Gasteiger partial charge in [0.05, 0.1) is 11.0 Å². The predicted octanol–water partition coefficient (Wildman–Crippen LogP) is 4.83. The summed E-state index contributed by atoms with van der Waals surface area (Å²) in [4.78, 5) is 12.9. The number of nitrogens with zero attached hydrogens (tertiary/aromatic N) is 1. The van der Waals surface area contributed by atoms with Crippen LogP contribution in [0.25, 0.3) is 0 Å². The Morgan fingerprint density at radius 3 is 2.26 bits per heavy atom. The number of nitrogens with one attached hydrogen (secondary N) is 1. The number of carbonyl (C=O) groups excluding carboxylic acids is 1. The predicted molar refractivity (Wildman–Crippen MR) is 121 cm³/mol. The summed E-state index contributed by atoms with van der Waals surface area (Å²) in [5, 5.41) is 2.84. The SMILES string of the molecule is O=C(Nc1ccc(OC2CCCC2)cc1)c1cccc(S(=O)(=O)N2CCCCCC2)c1. The summed E-state index contributed by atoms with van der Waals surface area (Å²) < 4.78 is 33.6. The van der Waals surface area contributed by atoms with Gasteiger partial charge in [-0.1, -0.05) is 18.9 Å². The molecule has 0 spiro atoms. The molecule has 1 N–H and O–H groups in total. The first-order valence-corrected chi connectivity index (χ1v) is 12.6. The molecule has 2 aromatic carbocycles. The molecule has 4 rings (SSSR count). The summed E-state index contributed by atoms with van der Waals surface area (Å²) in [5.41, 5.74) is 0.965. The molecule has 166 valence electrons. The van der Waals surface area contributed by atoms with E-state index in [0.717, 1.165) is 44.3 Å². The second-order valence-corrected chi connectivity index (χ2v) is 10.3. The summed E-state index contributed by atoms with van der Waals surface area (Å²) in [6, 6.07) is 13.6. The van der Waals surface area contributed by atoms with Crippen molar-refractivity contribution in [2.45, 2.75) is 62.4 Å². The smallest absolute Gasteiger partial charge is 0.255 e. The molecule has 2 aromatic rings. The first kappa shape index (κ1) is 21.8. The van der Waals surface area contributed by atoms with Gasteiger partial charge >= 0.3 is 0 Å². The molecule has 6 nitrogen and oxygen atoms in total. The molecular weight excluding hydrogens is 412 g/mol. The maximum absolute atomic E-state index is 13.0. The number of ether oxygens (including phenoxy) is 1. The van der Waals surface area contributed by atoms with Gasteiger partial charge in [0.15, 0.2) is 0 Å². The third-order valence-corrected chi connectivity index (χ3v) is 7.91. The fourth-order valence-electron chi connectivity index (χ4n) is 4.25. The molecule has 1 saturated carbocycles. The minimum atomic E-state index is -3.59. The van der Waals surface area contributed by atoms with Gasteiger partial charge < -0.3 is 10.1 Å². The van der Waals surface area contributed by atoms with Crippen molar-refractivity contribution in [3.8, 4) is 5.75 Å². The van der Waals surface area contributed by atoms with Crippen LogP contribution in [0.3, 0.4) is 0 Å². The molecule has 2 fully saturated rings. The second-order valence-electron chi connectivity index (χ2n) is 8.35. The molecular formula is C24H30N2O4S. The minimum absolute atomic E-state index is 0.169. The van der Waals surface area contributed by atoms with Crippen LogP contribution in [-0.2, 0) is 10.0 Å². The van der Waals surface area contributed by atoms with Gasteiger partial charge in [-0.3, -0.25) is 4.79 Å². The summed E-state index contributed by atoms with van der Waals surface area (Å²) in [5.74, 6) is 0.466. The number of sulfonamides is 1. The number of hydrogen-bond donors (Lipinski definition) is 1. The van der Waals surface area contributed by atoms with Gasteiger partial charge in [0.25, 0.3) is 5.91 Å². The fourth-order valence-corrected chi connectivity index (χ4v) is 5.81. The van der Waals surface area contributed by atoms with Crippen LogP contribution < -0.4 is 10.1 Å². The van der Waals surface area contributed by atoms with Gasteiger partial charge in [0, 0.05) is 24.3 Å². The fraction of sp³-hybridized carbons (Fsp3) is 0.458. The van der Waals surface area contributed by atoms with Crippen molar-refractivity contribution in [2.75, 3.05) is 18.4 Å². The average Bonchev–Trinajstić information content (AvgIpc) is 3.13. The number of hydrogen-bond acceptors (Lipinski definition) is 4. The first-order chi connectivity index (χ1) is 15.0. The lowest BCUT2D eigenvalue weighted by Gasteiger charge is -2.20. The van der Waals surface area contributed by atoms with Crippen molar-refractivity contribution in [1.29, 1.82) is 0 Å².